The zero-order chi connectivity index (χ0) is 30.5. The first kappa shape index (κ1) is 30.0. The Hall–Kier alpha value is -4.49. The van der Waals surface area contributed by atoms with E-state index in [0.29, 0.717) is 51.6 Å². The van der Waals surface area contributed by atoms with Gasteiger partial charge < -0.3 is 20.3 Å². The highest BCUT2D eigenvalue weighted by atomic mass is 35.5. The summed E-state index contributed by atoms with van der Waals surface area (Å²) in [6.07, 6.45) is 3.12. The lowest BCUT2D eigenvalue weighted by Gasteiger charge is -2.22. The minimum absolute atomic E-state index is 0.102. The van der Waals surface area contributed by atoms with E-state index < -0.39 is 18.1 Å². The Morgan fingerprint density at radius 1 is 1.19 bits per heavy atom. The summed E-state index contributed by atoms with van der Waals surface area (Å²) in [5.41, 5.74) is 10.5. The minimum atomic E-state index is -1.02. The molecule has 1 aromatic heterocycles. The van der Waals surface area contributed by atoms with Gasteiger partial charge in [-0.15, -0.1) is 0 Å². The van der Waals surface area contributed by atoms with Crippen LogP contribution in [0.2, 0.25) is 5.02 Å². The van der Waals surface area contributed by atoms with Crippen molar-refractivity contribution < 1.29 is 23.8 Å². The lowest BCUT2D eigenvalue weighted by atomic mass is 9.96. The van der Waals surface area contributed by atoms with Crippen LogP contribution in [0.1, 0.15) is 47.3 Å². The number of carbonyl (C=O) groups excluding carboxylic acids is 1. The van der Waals surface area contributed by atoms with E-state index in [1.54, 1.807) is 36.5 Å². The Morgan fingerprint density at radius 2 is 1.98 bits per heavy atom. The van der Waals surface area contributed by atoms with E-state index in [9.17, 15) is 19.6 Å². The van der Waals surface area contributed by atoms with E-state index in [1.807, 2.05) is 24.3 Å². The SMILES string of the molecule is C[C@@H](O)[C@H](NCc1cc(Cl)c(O[C@H]2CCc3c(-c4ccccc4F)cccc32)cc1OCc1cncc(C#N)c1)C(N)=O. The van der Waals surface area contributed by atoms with Crippen molar-refractivity contribution in [2.45, 2.75) is 51.2 Å². The van der Waals surface area contributed by atoms with Crippen LogP contribution in [-0.2, 0) is 24.4 Å². The van der Waals surface area contributed by atoms with Crippen LogP contribution >= 0.6 is 11.6 Å². The number of hydrogen-bond acceptors (Lipinski definition) is 7. The summed E-state index contributed by atoms with van der Waals surface area (Å²) < 4.78 is 27.2. The smallest absolute Gasteiger partial charge is 0.237 e. The molecular formula is C33H30ClFN4O4. The molecule has 1 heterocycles. The number of ether oxygens (including phenoxy) is 2. The van der Waals surface area contributed by atoms with Gasteiger partial charge in [-0.05, 0) is 54.7 Å². The second-order valence-corrected chi connectivity index (χ2v) is 10.8. The summed E-state index contributed by atoms with van der Waals surface area (Å²) >= 11 is 6.71. The van der Waals surface area contributed by atoms with Crippen LogP contribution in [0.25, 0.3) is 11.1 Å². The van der Waals surface area contributed by atoms with Crippen LogP contribution in [-0.4, -0.2) is 28.1 Å². The van der Waals surface area contributed by atoms with Crippen molar-refractivity contribution in [3.8, 4) is 28.7 Å². The number of benzene rings is 3. The number of amides is 1. The maximum absolute atomic E-state index is 14.6. The number of carbonyl (C=O) groups is 1. The highest BCUT2D eigenvalue weighted by molar-refractivity contribution is 6.32. The molecule has 0 aliphatic heterocycles. The van der Waals surface area contributed by atoms with Crippen LogP contribution in [0.5, 0.6) is 11.5 Å². The van der Waals surface area contributed by atoms with Gasteiger partial charge in [0.05, 0.1) is 16.7 Å². The standard InChI is InChI=1S/C33H30ClFN4O4/c1-19(40)32(33(37)41)39-17-22-12-27(34)31(13-30(22)42-18-21-11-20(14-36)15-38-16-21)43-29-10-9-24-23(6-4-7-26(24)29)25-5-2-3-8-28(25)35/h2-8,11-13,15-16,19,29,32,39-40H,9-10,17-18H2,1H3,(H2,37,41)/t19-,29+,32+/m1/s1. The van der Waals surface area contributed by atoms with E-state index >= 15 is 0 Å². The van der Waals surface area contributed by atoms with Gasteiger partial charge in [-0.25, -0.2) is 4.39 Å². The molecule has 220 valence electrons. The number of fused-ring (bicyclic) bond motifs is 1. The van der Waals surface area contributed by atoms with Crippen molar-refractivity contribution in [1.82, 2.24) is 10.3 Å². The van der Waals surface area contributed by atoms with Gasteiger partial charge in [0.15, 0.2) is 0 Å². The highest BCUT2D eigenvalue weighted by Gasteiger charge is 2.28. The summed E-state index contributed by atoms with van der Waals surface area (Å²) in [5, 5.41) is 22.5. The number of nitrogens with one attached hydrogen (secondary N) is 1. The van der Waals surface area contributed by atoms with E-state index in [4.69, 9.17) is 26.8 Å². The molecule has 0 radical (unpaired) electrons. The molecule has 4 N–H and O–H groups in total. The van der Waals surface area contributed by atoms with Gasteiger partial charge in [0, 0.05) is 41.7 Å². The van der Waals surface area contributed by atoms with Crippen LogP contribution < -0.4 is 20.5 Å². The van der Waals surface area contributed by atoms with Gasteiger partial charge in [0.2, 0.25) is 5.91 Å². The van der Waals surface area contributed by atoms with Gasteiger partial charge in [0.1, 0.15) is 42.1 Å². The number of pyridine rings is 1. The van der Waals surface area contributed by atoms with E-state index in [2.05, 4.69) is 16.4 Å². The van der Waals surface area contributed by atoms with E-state index in [1.165, 1.54) is 19.2 Å². The molecule has 8 nitrogen and oxygen atoms in total. The molecule has 4 aromatic rings. The topological polar surface area (TPSA) is 130 Å². The number of nitrogens with zero attached hydrogens (tertiary/aromatic N) is 2. The maximum atomic E-state index is 14.6. The first-order valence-electron chi connectivity index (χ1n) is 13.8. The Balaban J connectivity index is 1.43. The Labute approximate surface area is 253 Å². The average Bonchev–Trinajstić information content (AvgIpc) is 3.40. The lowest BCUT2D eigenvalue weighted by Crippen LogP contribution is -2.48. The van der Waals surface area contributed by atoms with Crippen molar-refractivity contribution in [1.29, 1.82) is 5.26 Å². The molecule has 0 saturated heterocycles. The number of rotatable bonds is 11. The van der Waals surface area contributed by atoms with Crippen molar-refractivity contribution >= 4 is 17.5 Å². The maximum Gasteiger partial charge on any atom is 0.237 e. The summed E-state index contributed by atoms with van der Waals surface area (Å²) in [4.78, 5) is 15.9. The molecule has 1 amide bonds. The molecule has 43 heavy (non-hydrogen) atoms. The molecule has 0 fully saturated rings. The predicted molar refractivity (Wildman–Crippen MR) is 160 cm³/mol. The number of aliphatic hydroxyl groups excluding tert-OH is 1. The molecule has 0 unspecified atom stereocenters. The monoisotopic (exact) mass is 600 g/mol. The lowest BCUT2D eigenvalue weighted by molar-refractivity contribution is -0.122. The number of halogens is 2. The van der Waals surface area contributed by atoms with Gasteiger partial charge >= 0.3 is 0 Å². The first-order chi connectivity index (χ1) is 20.7. The summed E-state index contributed by atoms with van der Waals surface area (Å²) in [6.45, 7) is 1.68. The minimum Gasteiger partial charge on any atom is -0.488 e. The van der Waals surface area contributed by atoms with Crippen molar-refractivity contribution in [2.75, 3.05) is 0 Å². The molecule has 1 aliphatic carbocycles. The van der Waals surface area contributed by atoms with Gasteiger partial charge in [-0.1, -0.05) is 48.0 Å². The molecule has 3 atom stereocenters. The number of nitriles is 1. The zero-order valence-corrected chi connectivity index (χ0v) is 24.1. The molecule has 0 saturated carbocycles. The van der Waals surface area contributed by atoms with E-state index in [-0.39, 0.29) is 25.1 Å². The fourth-order valence-corrected chi connectivity index (χ4v) is 5.51. The van der Waals surface area contributed by atoms with Crippen LogP contribution in [0.3, 0.4) is 0 Å². The highest BCUT2D eigenvalue weighted by Crippen LogP contribution is 2.43. The number of aromatic nitrogens is 1. The van der Waals surface area contributed by atoms with Crippen molar-refractivity contribution in [3.63, 3.8) is 0 Å². The van der Waals surface area contributed by atoms with Crippen LogP contribution in [0.15, 0.2) is 73.1 Å². The van der Waals surface area contributed by atoms with Crippen molar-refractivity contribution in [2.24, 2.45) is 5.73 Å². The largest absolute Gasteiger partial charge is 0.488 e. The second kappa shape index (κ2) is 13.2. The third-order valence-electron chi connectivity index (χ3n) is 7.38. The normalized spacial score (nSPS) is 15.3. The molecule has 0 spiro atoms. The Morgan fingerprint density at radius 3 is 2.72 bits per heavy atom. The third kappa shape index (κ3) is 6.78. The summed E-state index contributed by atoms with van der Waals surface area (Å²) in [7, 11) is 0. The number of primary amides is 1. The predicted octanol–water partition coefficient (Wildman–Crippen LogP) is 5.38. The second-order valence-electron chi connectivity index (χ2n) is 10.4. The van der Waals surface area contributed by atoms with Crippen LogP contribution in [0.4, 0.5) is 4.39 Å². The van der Waals surface area contributed by atoms with Gasteiger partial charge in [-0.2, -0.15) is 5.26 Å². The molecule has 10 heteroatoms. The first-order valence-corrected chi connectivity index (χ1v) is 14.2. The Bertz CT molecular complexity index is 1690. The zero-order valence-electron chi connectivity index (χ0n) is 23.4. The fraction of sp³-hybridized carbons (Fsp3) is 0.242. The number of nitrogens with two attached hydrogens (primary N) is 1. The summed E-state index contributed by atoms with van der Waals surface area (Å²) in [6, 6.07) is 18.6. The molecule has 3 aromatic carbocycles. The van der Waals surface area contributed by atoms with Gasteiger partial charge in [0.25, 0.3) is 0 Å². The molecule has 1 aliphatic rings. The number of aliphatic hydroxyl groups is 1. The molecule has 5 rings (SSSR count). The Kier molecular flexibility index (Phi) is 9.22. The van der Waals surface area contributed by atoms with Crippen LogP contribution in [0, 0.1) is 17.1 Å². The number of hydrogen-bond donors (Lipinski definition) is 3. The molecule has 0 bridgehead atoms. The van der Waals surface area contributed by atoms with Gasteiger partial charge in [-0.3, -0.25) is 15.1 Å². The quantitative estimate of drug-likeness (QED) is 0.211. The third-order valence-corrected chi connectivity index (χ3v) is 7.68. The fourth-order valence-electron chi connectivity index (χ4n) is 5.28. The van der Waals surface area contributed by atoms with Crippen molar-refractivity contribution in [3.05, 3.63) is 112 Å². The summed E-state index contributed by atoms with van der Waals surface area (Å²) in [5.74, 6) is -0.168. The molecular weight excluding hydrogens is 571 g/mol. The van der Waals surface area contributed by atoms with E-state index in [0.717, 1.165) is 16.7 Å². The average molecular weight is 601 g/mol.